The maximum absolute atomic E-state index is 12.5. The highest BCUT2D eigenvalue weighted by atomic mass is 19.4. The van der Waals surface area contributed by atoms with Gasteiger partial charge in [0.2, 0.25) is 0 Å². The van der Waals surface area contributed by atoms with Crippen LogP contribution in [0.2, 0.25) is 0 Å². The van der Waals surface area contributed by atoms with Crippen molar-refractivity contribution in [3.63, 3.8) is 0 Å². The number of carboxylic acids is 1. The lowest BCUT2D eigenvalue weighted by Crippen LogP contribution is -2.17. The van der Waals surface area contributed by atoms with E-state index in [0.29, 0.717) is 18.2 Å². The number of ether oxygens (including phenoxy) is 1. The van der Waals surface area contributed by atoms with Crippen molar-refractivity contribution in [2.75, 3.05) is 0 Å². The number of hydrogen-bond donors (Lipinski definition) is 1. The van der Waals surface area contributed by atoms with Gasteiger partial charge in [0.15, 0.2) is 0 Å². The van der Waals surface area contributed by atoms with E-state index in [2.05, 4.69) is 4.74 Å². The minimum atomic E-state index is -4.97. The molecule has 1 aromatic carbocycles. The Labute approximate surface area is 97.8 Å². The first kappa shape index (κ1) is 14.2. The van der Waals surface area contributed by atoms with Gasteiger partial charge in [-0.2, -0.15) is 0 Å². The minimum absolute atomic E-state index is 0.417. The van der Waals surface area contributed by atoms with Gasteiger partial charge in [-0.25, -0.2) is 8.78 Å². The summed E-state index contributed by atoms with van der Waals surface area (Å²) in [5, 5.41) is 8.49. The topological polar surface area (TPSA) is 46.5 Å². The minimum Gasteiger partial charge on any atom is -0.481 e. The summed E-state index contributed by atoms with van der Waals surface area (Å²) in [5.74, 6) is -2.16. The van der Waals surface area contributed by atoms with Crippen LogP contribution in [-0.2, 0) is 11.2 Å². The predicted octanol–water partition coefficient (Wildman–Crippen LogP) is 3.15. The van der Waals surface area contributed by atoms with E-state index in [9.17, 15) is 26.7 Å². The van der Waals surface area contributed by atoms with Crippen molar-refractivity contribution < 1.29 is 36.6 Å². The fourth-order valence-electron chi connectivity index (χ4n) is 1.31. The van der Waals surface area contributed by atoms with Crippen LogP contribution in [0.25, 0.3) is 0 Å². The fourth-order valence-corrected chi connectivity index (χ4v) is 1.31. The number of carboxylic acid groups (broad SMARTS) is 1. The number of halogens is 5. The molecule has 1 rings (SSSR count). The van der Waals surface area contributed by atoms with Crippen LogP contribution in [0, 0.1) is 0 Å². The van der Waals surface area contributed by atoms with Crippen molar-refractivity contribution in [3.8, 4) is 5.75 Å². The number of carbonyl (C=O) groups is 1. The second-order valence-electron chi connectivity index (χ2n) is 3.28. The van der Waals surface area contributed by atoms with Crippen LogP contribution < -0.4 is 4.74 Å². The van der Waals surface area contributed by atoms with Crippen molar-refractivity contribution >= 4 is 5.97 Å². The van der Waals surface area contributed by atoms with Crippen molar-refractivity contribution in [1.82, 2.24) is 0 Å². The third kappa shape index (κ3) is 4.19. The lowest BCUT2D eigenvalue weighted by Gasteiger charge is -2.12. The van der Waals surface area contributed by atoms with E-state index < -0.39 is 42.1 Å². The van der Waals surface area contributed by atoms with Gasteiger partial charge < -0.3 is 9.84 Å². The SMILES string of the molecule is O=C(O)Cc1cc(OC(F)(F)F)ccc1C(F)F. The average molecular weight is 270 g/mol. The lowest BCUT2D eigenvalue weighted by atomic mass is 10.0. The maximum atomic E-state index is 12.5. The van der Waals surface area contributed by atoms with Gasteiger partial charge >= 0.3 is 12.3 Å². The van der Waals surface area contributed by atoms with E-state index in [-0.39, 0.29) is 0 Å². The number of rotatable bonds is 4. The summed E-state index contributed by atoms with van der Waals surface area (Å²) in [4.78, 5) is 10.4. The zero-order valence-electron chi connectivity index (χ0n) is 8.67. The Morgan fingerprint density at radius 3 is 2.39 bits per heavy atom. The molecule has 1 N–H and O–H groups in total. The number of hydrogen-bond acceptors (Lipinski definition) is 2. The van der Waals surface area contributed by atoms with Gasteiger partial charge in [0.1, 0.15) is 5.75 Å². The molecule has 0 radical (unpaired) electrons. The molecular weight excluding hydrogens is 263 g/mol. The summed E-state index contributed by atoms with van der Waals surface area (Å²) in [7, 11) is 0. The summed E-state index contributed by atoms with van der Waals surface area (Å²) in [6.07, 6.45) is -8.75. The molecule has 0 atom stereocenters. The summed E-state index contributed by atoms with van der Waals surface area (Å²) in [5.41, 5.74) is -1.05. The van der Waals surface area contributed by atoms with Crippen LogP contribution >= 0.6 is 0 Å². The molecule has 0 saturated heterocycles. The van der Waals surface area contributed by atoms with Crippen molar-refractivity contribution in [2.45, 2.75) is 19.2 Å². The van der Waals surface area contributed by atoms with Gasteiger partial charge in [0.05, 0.1) is 6.42 Å². The van der Waals surface area contributed by atoms with Crippen LogP contribution in [-0.4, -0.2) is 17.4 Å². The monoisotopic (exact) mass is 270 g/mol. The molecule has 0 aliphatic rings. The smallest absolute Gasteiger partial charge is 0.481 e. The third-order valence-electron chi connectivity index (χ3n) is 1.92. The molecule has 0 amide bonds. The Hall–Kier alpha value is -1.86. The van der Waals surface area contributed by atoms with Gasteiger partial charge in [0, 0.05) is 5.56 Å². The summed E-state index contributed by atoms with van der Waals surface area (Å²) in [6.45, 7) is 0. The largest absolute Gasteiger partial charge is 0.573 e. The lowest BCUT2D eigenvalue weighted by molar-refractivity contribution is -0.274. The fraction of sp³-hybridized carbons (Fsp3) is 0.300. The van der Waals surface area contributed by atoms with E-state index in [0.717, 1.165) is 0 Å². The Bertz CT molecular complexity index is 442. The van der Waals surface area contributed by atoms with Crippen LogP contribution in [0.4, 0.5) is 22.0 Å². The highest BCUT2D eigenvalue weighted by Gasteiger charge is 2.31. The third-order valence-corrected chi connectivity index (χ3v) is 1.92. The highest BCUT2D eigenvalue weighted by molar-refractivity contribution is 5.71. The van der Waals surface area contributed by atoms with E-state index in [1.807, 2.05) is 0 Å². The van der Waals surface area contributed by atoms with Gasteiger partial charge in [-0.05, 0) is 23.8 Å². The van der Waals surface area contributed by atoms with Gasteiger partial charge in [-0.15, -0.1) is 13.2 Å². The first-order valence-corrected chi connectivity index (χ1v) is 4.57. The molecule has 0 spiro atoms. The Balaban J connectivity index is 3.08. The predicted molar refractivity (Wildman–Crippen MR) is 49.4 cm³/mol. The zero-order chi connectivity index (χ0) is 13.9. The van der Waals surface area contributed by atoms with Gasteiger partial charge in [-0.3, -0.25) is 4.79 Å². The van der Waals surface area contributed by atoms with Crippen molar-refractivity contribution in [3.05, 3.63) is 29.3 Å². The van der Waals surface area contributed by atoms with E-state index in [4.69, 9.17) is 5.11 Å². The normalized spacial score (nSPS) is 11.7. The molecule has 100 valence electrons. The molecule has 0 heterocycles. The number of benzene rings is 1. The van der Waals surface area contributed by atoms with E-state index in [1.165, 1.54) is 0 Å². The zero-order valence-corrected chi connectivity index (χ0v) is 8.67. The standard InChI is InChI=1S/C10H7F5O3/c11-9(12)7-2-1-6(18-10(13,14)15)3-5(7)4-8(16)17/h1-3,9H,4H2,(H,16,17). The molecule has 8 heteroatoms. The quantitative estimate of drug-likeness (QED) is 0.855. The molecule has 0 aliphatic carbocycles. The van der Waals surface area contributed by atoms with Crippen molar-refractivity contribution in [1.29, 1.82) is 0 Å². The number of aliphatic carboxylic acids is 1. The molecule has 0 aromatic heterocycles. The van der Waals surface area contributed by atoms with E-state index >= 15 is 0 Å². The van der Waals surface area contributed by atoms with Gasteiger partial charge in [0.25, 0.3) is 6.43 Å². The average Bonchev–Trinajstić information content (AvgIpc) is 2.13. The van der Waals surface area contributed by atoms with Crippen LogP contribution in [0.3, 0.4) is 0 Å². The second-order valence-corrected chi connectivity index (χ2v) is 3.28. The molecule has 0 fully saturated rings. The number of alkyl halides is 5. The summed E-state index contributed by atoms with van der Waals surface area (Å²) >= 11 is 0. The maximum Gasteiger partial charge on any atom is 0.573 e. The summed E-state index contributed by atoms with van der Waals surface area (Å²) < 4.78 is 64.2. The molecule has 0 bridgehead atoms. The van der Waals surface area contributed by atoms with Crippen molar-refractivity contribution in [2.24, 2.45) is 0 Å². The van der Waals surface area contributed by atoms with Crippen LogP contribution in [0.15, 0.2) is 18.2 Å². The molecule has 3 nitrogen and oxygen atoms in total. The first-order valence-electron chi connectivity index (χ1n) is 4.57. The molecule has 0 unspecified atom stereocenters. The molecular formula is C10H7F5O3. The Kier molecular flexibility index (Phi) is 4.10. The molecule has 0 saturated carbocycles. The molecule has 1 aromatic rings. The first-order chi connectivity index (χ1) is 8.19. The van der Waals surface area contributed by atoms with Crippen LogP contribution in [0.5, 0.6) is 5.75 Å². The van der Waals surface area contributed by atoms with Crippen LogP contribution in [0.1, 0.15) is 17.6 Å². The Morgan fingerprint density at radius 2 is 1.94 bits per heavy atom. The second kappa shape index (κ2) is 5.19. The molecule has 0 aliphatic heterocycles. The van der Waals surface area contributed by atoms with Gasteiger partial charge in [-0.1, -0.05) is 0 Å². The highest BCUT2D eigenvalue weighted by Crippen LogP contribution is 2.29. The molecule has 18 heavy (non-hydrogen) atoms. The summed E-state index contributed by atoms with van der Waals surface area (Å²) in [6, 6.07) is 2.06. The van der Waals surface area contributed by atoms with E-state index in [1.54, 1.807) is 0 Å². The Morgan fingerprint density at radius 1 is 1.33 bits per heavy atom.